The van der Waals surface area contributed by atoms with Gasteiger partial charge in [-0.3, -0.25) is 10.1 Å². The first-order valence-electron chi connectivity index (χ1n) is 4.14. The van der Waals surface area contributed by atoms with Gasteiger partial charge >= 0.3 is 6.03 Å². The van der Waals surface area contributed by atoms with Crippen molar-refractivity contribution in [1.29, 1.82) is 0 Å². The Morgan fingerprint density at radius 1 is 1.29 bits per heavy atom. The molecule has 2 aliphatic heterocycles. The molecule has 1 unspecified atom stereocenters. The summed E-state index contributed by atoms with van der Waals surface area (Å²) in [6.07, 6.45) is 6.68. The summed E-state index contributed by atoms with van der Waals surface area (Å²) < 4.78 is 0. The number of nitrogens with zero attached hydrogens (tertiary/aromatic N) is 1. The minimum absolute atomic E-state index is 0.362. The van der Waals surface area contributed by atoms with E-state index in [0.717, 1.165) is 0 Å². The van der Waals surface area contributed by atoms with Gasteiger partial charge in [-0.15, -0.1) is 0 Å². The average molecular weight is 194 g/mol. The smallest absolute Gasteiger partial charge is 0.323 e. The largest absolute Gasteiger partial charge is 0.365 e. The average Bonchev–Trinajstić information content (AvgIpc) is 2.43. The van der Waals surface area contributed by atoms with Gasteiger partial charge in [-0.1, -0.05) is 0 Å². The van der Waals surface area contributed by atoms with Crippen LogP contribution in [-0.2, 0) is 4.79 Å². The molecular weight excluding hydrogens is 184 g/mol. The van der Waals surface area contributed by atoms with E-state index >= 15 is 0 Å². The second-order valence-corrected chi connectivity index (χ2v) is 3.19. The third-order valence-electron chi connectivity index (χ3n) is 2.21. The van der Waals surface area contributed by atoms with Gasteiger partial charge in [-0.05, 0) is 6.92 Å². The predicted molar refractivity (Wildman–Crippen MR) is 48.3 cm³/mol. The minimum atomic E-state index is -1.04. The molecule has 6 heteroatoms. The zero-order valence-corrected chi connectivity index (χ0v) is 7.57. The zero-order valence-electron chi connectivity index (χ0n) is 7.57. The van der Waals surface area contributed by atoms with Crippen LogP contribution in [0.2, 0.25) is 0 Å². The molecule has 2 rings (SSSR count). The first-order chi connectivity index (χ1) is 6.63. The summed E-state index contributed by atoms with van der Waals surface area (Å²) in [5, 5.41) is 7.57. The molecule has 0 spiro atoms. The first-order valence-corrected chi connectivity index (χ1v) is 4.14. The normalized spacial score (nSPS) is 29.9. The van der Waals surface area contributed by atoms with Crippen LogP contribution < -0.4 is 16.0 Å². The zero-order chi connectivity index (χ0) is 10.2. The van der Waals surface area contributed by atoms with Crippen LogP contribution >= 0.6 is 0 Å². The number of nitrogens with one attached hydrogen (secondary N) is 3. The lowest BCUT2D eigenvalue weighted by Crippen LogP contribution is -2.54. The number of carbonyl (C=O) groups is 2. The Morgan fingerprint density at radius 3 is 2.43 bits per heavy atom. The molecule has 1 atom stereocenters. The molecule has 0 aliphatic carbocycles. The molecule has 0 aromatic carbocycles. The van der Waals surface area contributed by atoms with Crippen LogP contribution in [0.4, 0.5) is 4.79 Å². The highest BCUT2D eigenvalue weighted by atomic mass is 16.2. The van der Waals surface area contributed by atoms with Crippen molar-refractivity contribution in [2.75, 3.05) is 0 Å². The lowest BCUT2D eigenvalue weighted by atomic mass is 10.2. The Bertz CT molecular complexity index is 337. The van der Waals surface area contributed by atoms with Crippen LogP contribution in [0.1, 0.15) is 6.92 Å². The Morgan fingerprint density at radius 2 is 1.93 bits per heavy atom. The number of rotatable bonds is 1. The summed E-state index contributed by atoms with van der Waals surface area (Å²) in [7, 11) is 0. The number of urea groups is 1. The lowest BCUT2D eigenvalue weighted by Gasteiger charge is -2.32. The van der Waals surface area contributed by atoms with Gasteiger partial charge in [0.1, 0.15) is 0 Å². The Kier molecular flexibility index (Phi) is 1.70. The molecule has 74 valence electrons. The van der Waals surface area contributed by atoms with Gasteiger partial charge < -0.3 is 15.5 Å². The molecule has 2 heterocycles. The lowest BCUT2D eigenvalue weighted by molar-refractivity contribution is -0.127. The van der Waals surface area contributed by atoms with Crippen molar-refractivity contribution >= 4 is 11.9 Å². The summed E-state index contributed by atoms with van der Waals surface area (Å²) in [4.78, 5) is 24.1. The molecule has 14 heavy (non-hydrogen) atoms. The maximum Gasteiger partial charge on any atom is 0.323 e. The van der Waals surface area contributed by atoms with Crippen LogP contribution in [0.5, 0.6) is 0 Å². The third kappa shape index (κ3) is 1.12. The molecular formula is C8H10N4O2. The van der Waals surface area contributed by atoms with Gasteiger partial charge in [0.05, 0.1) is 0 Å². The van der Waals surface area contributed by atoms with Crippen molar-refractivity contribution in [1.82, 2.24) is 20.9 Å². The number of hydrogen-bond acceptors (Lipinski definition) is 4. The maximum atomic E-state index is 11.5. The highest BCUT2D eigenvalue weighted by Crippen LogP contribution is 2.17. The molecule has 0 aromatic rings. The number of amides is 3. The predicted octanol–water partition coefficient (Wildman–Crippen LogP) is -0.610. The summed E-state index contributed by atoms with van der Waals surface area (Å²) in [5.41, 5.74) is -1.04. The van der Waals surface area contributed by atoms with Crippen molar-refractivity contribution in [3.8, 4) is 0 Å². The van der Waals surface area contributed by atoms with Gasteiger partial charge in [-0.2, -0.15) is 0 Å². The molecule has 3 amide bonds. The fourth-order valence-electron chi connectivity index (χ4n) is 1.37. The van der Waals surface area contributed by atoms with Gasteiger partial charge in [0, 0.05) is 24.8 Å². The molecule has 1 fully saturated rings. The van der Waals surface area contributed by atoms with E-state index in [4.69, 9.17) is 0 Å². The minimum Gasteiger partial charge on any atom is -0.365 e. The van der Waals surface area contributed by atoms with Crippen molar-refractivity contribution in [3.63, 3.8) is 0 Å². The summed E-state index contributed by atoms with van der Waals surface area (Å²) in [5.74, 6) is -0.362. The molecule has 0 radical (unpaired) electrons. The second kappa shape index (κ2) is 2.76. The third-order valence-corrected chi connectivity index (χ3v) is 2.21. The van der Waals surface area contributed by atoms with Gasteiger partial charge in [0.2, 0.25) is 0 Å². The molecule has 2 aliphatic rings. The Labute approximate surface area is 80.6 Å². The van der Waals surface area contributed by atoms with Crippen LogP contribution in [0, 0.1) is 0 Å². The van der Waals surface area contributed by atoms with Gasteiger partial charge in [0.25, 0.3) is 5.91 Å². The Balaban J connectivity index is 2.27. The standard InChI is InChI=1S/C8H10N4O2/c1-8(6(13)10-7(14)11-8)12-4-2-9-3-5-12/h2-5,9H,1H3,(H2,10,11,13,14). The van der Waals surface area contributed by atoms with E-state index < -0.39 is 11.7 Å². The summed E-state index contributed by atoms with van der Waals surface area (Å²) in [6, 6.07) is -0.474. The van der Waals surface area contributed by atoms with Crippen LogP contribution in [0.3, 0.4) is 0 Å². The Hall–Kier alpha value is -1.98. The van der Waals surface area contributed by atoms with Gasteiger partial charge in [0.15, 0.2) is 5.66 Å². The summed E-state index contributed by atoms with van der Waals surface area (Å²) in [6.45, 7) is 1.63. The van der Waals surface area contributed by atoms with Crippen molar-refractivity contribution < 1.29 is 9.59 Å². The van der Waals surface area contributed by atoms with E-state index in [1.807, 2.05) is 0 Å². The highest BCUT2D eigenvalue weighted by Gasteiger charge is 2.45. The number of imide groups is 1. The van der Waals surface area contributed by atoms with E-state index in [9.17, 15) is 9.59 Å². The van der Waals surface area contributed by atoms with E-state index in [1.54, 1.807) is 36.6 Å². The maximum absolute atomic E-state index is 11.5. The summed E-state index contributed by atoms with van der Waals surface area (Å²) >= 11 is 0. The van der Waals surface area contributed by atoms with Crippen LogP contribution in [0.25, 0.3) is 0 Å². The second-order valence-electron chi connectivity index (χ2n) is 3.19. The molecule has 3 N–H and O–H groups in total. The van der Waals surface area contributed by atoms with Crippen LogP contribution in [-0.4, -0.2) is 22.5 Å². The van der Waals surface area contributed by atoms with E-state index in [1.165, 1.54) is 0 Å². The fourth-order valence-corrected chi connectivity index (χ4v) is 1.37. The molecule has 0 saturated carbocycles. The van der Waals surface area contributed by atoms with Crippen molar-refractivity contribution in [2.24, 2.45) is 0 Å². The van der Waals surface area contributed by atoms with E-state index in [0.29, 0.717) is 0 Å². The highest BCUT2D eigenvalue weighted by molar-refractivity contribution is 6.06. The fraction of sp³-hybridized carbons (Fsp3) is 0.250. The van der Waals surface area contributed by atoms with Crippen LogP contribution in [0.15, 0.2) is 24.8 Å². The van der Waals surface area contributed by atoms with Crippen molar-refractivity contribution in [3.05, 3.63) is 24.8 Å². The van der Waals surface area contributed by atoms with E-state index in [2.05, 4.69) is 16.0 Å². The molecule has 6 nitrogen and oxygen atoms in total. The number of hydrogen-bond donors (Lipinski definition) is 3. The first kappa shape index (κ1) is 8.61. The van der Waals surface area contributed by atoms with Gasteiger partial charge in [-0.25, -0.2) is 4.79 Å². The quantitative estimate of drug-likeness (QED) is 0.487. The molecule has 0 bridgehead atoms. The topological polar surface area (TPSA) is 73.5 Å². The molecule has 0 aromatic heterocycles. The molecule has 1 saturated heterocycles. The monoisotopic (exact) mass is 194 g/mol. The van der Waals surface area contributed by atoms with Crippen molar-refractivity contribution in [2.45, 2.75) is 12.6 Å². The number of carbonyl (C=O) groups excluding carboxylic acids is 2. The van der Waals surface area contributed by atoms with E-state index in [-0.39, 0.29) is 5.91 Å². The SMILES string of the molecule is CC1(N2C=CNC=C2)NC(=O)NC1=O.